The molecule has 1 heterocycles. The van der Waals surface area contributed by atoms with Gasteiger partial charge in [-0.2, -0.15) is 0 Å². The minimum atomic E-state index is -0.677. The third-order valence-electron chi connectivity index (χ3n) is 3.31. The summed E-state index contributed by atoms with van der Waals surface area (Å²) >= 11 is 0. The third-order valence-corrected chi connectivity index (χ3v) is 3.31. The number of carbonyl (C=O) groups is 2. The highest BCUT2D eigenvalue weighted by Gasteiger charge is 2.25. The molecule has 0 spiro atoms. The van der Waals surface area contributed by atoms with Gasteiger partial charge in [-0.15, -0.1) is 0 Å². The highest BCUT2D eigenvalue weighted by atomic mass is 16.6. The Labute approximate surface area is 147 Å². The smallest absolute Gasteiger partial charge is 0.419 e. The fourth-order valence-corrected chi connectivity index (χ4v) is 2.36. The summed E-state index contributed by atoms with van der Waals surface area (Å²) in [6, 6.07) is 6.94. The van der Waals surface area contributed by atoms with Gasteiger partial charge in [0.1, 0.15) is 17.0 Å². The second-order valence-corrected chi connectivity index (χ2v) is 6.63. The lowest BCUT2D eigenvalue weighted by Gasteiger charge is -2.20. The van der Waals surface area contributed by atoms with Crippen LogP contribution in [0.2, 0.25) is 0 Å². The Kier molecular flexibility index (Phi) is 5.72. The molecule has 0 saturated heterocycles. The molecule has 136 valence electrons. The van der Waals surface area contributed by atoms with Crippen LogP contribution in [-0.4, -0.2) is 35.4 Å². The first kappa shape index (κ1) is 18.8. The molecular formula is C19H25NO5. The van der Waals surface area contributed by atoms with Crippen LogP contribution in [-0.2, 0) is 9.47 Å². The van der Waals surface area contributed by atoms with Gasteiger partial charge in [0.25, 0.3) is 0 Å². The van der Waals surface area contributed by atoms with Crippen molar-refractivity contribution in [2.24, 2.45) is 0 Å². The number of aromatic nitrogens is 1. The molecule has 0 unspecified atom stereocenters. The van der Waals surface area contributed by atoms with Crippen molar-refractivity contribution >= 4 is 23.0 Å². The van der Waals surface area contributed by atoms with E-state index in [4.69, 9.17) is 14.2 Å². The van der Waals surface area contributed by atoms with Gasteiger partial charge < -0.3 is 14.2 Å². The van der Waals surface area contributed by atoms with E-state index in [0.717, 1.165) is 6.42 Å². The zero-order valence-electron chi connectivity index (χ0n) is 15.4. The van der Waals surface area contributed by atoms with Crippen molar-refractivity contribution in [2.75, 3.05) is 13.2 Å². The predicted molar refractivity (Wildman–Crippen MR) is 95.3 cm³/mol. The second kappa shape index (κ2) is 7.59. The van der Waals surface area contributed by atoms with Crippen LogP contribution in [0.3, 0.4) is 0 Å². The maximum Gasteiger partial charge on any atom is 0.419 e. The molecule has 1 aromatic carbocycles. The number of nitrogens with zero attached hydrogens (tertiary/aromatic N) is 1. The highest BCUT2D eigenvalue weighted by molar-refractivity contribution is 6.01. The van der Waals surface area contributed by atoms with Gasteiger partial charge in [-0.25, -0.2) is 14.2 Å². The molecule has 0 saturated carbocycles. The van der Waals surface area contributed by atoms with Crippen molar-refractivity contribution in [3.8, 4) is 5.75 Å². The molecule has 0 aliphatic heterocycles. The fraction of sp³-hybridized carbons (Fsp3) is 0.474. The molecule has 0 fully saturated rings. The van der Waals surface area contributed by atoms with Crippen molar-refractivity contribution in [1.29, 1.82) is 0 Å². The van der Waals surface area contributed by atoms with E-state index in [1.54, 1.807) is 52.0 Å². The normalized spacial score (nSPS) is 11.4. The quantitative estimate of drug-likeness (QED) is 0.751. The van der Waals surface area contributed by atoms with E-state index in [1.807, 2.05) is 6.92 Å². The molecular weight excluding hydrogens is 322 g/mol. The summed E-state index contributed by atoms with van der Waals surface area (Å²) in [4.78, 5) is 24.9. The van der Waals surface area contributed by atoms with E-state index in [-0.39, 0.29) is 12.3 Å². The van der Waals surface area contributed by atoms with Gasteiger partial charge in [-0.3, -0.25) is 0 Å². The lowest BCUT2D eigenvalue weighted by molar-refractivity contribution is 0.0454. The first-order valence-corrected chi connectivity index (χ1v) is 8.45. The first-order chi connectivity index (χ1) is 11.8. The molecule has 2 rings (SSSR count). The first-order valence-electron chi connectivity index (χ1n) is 8.45. The van der Waals surface area contributed by atoms with Crippen LogP contribution in [0, 0.1) is 0 Å². The molecule has 0 radical (unpaired) electrons. The molecule has 25 heavy (non-hydrogen) atoms. The van der Waals surface area contributed by atoms with Crippen LogP contribution in [0.1, 0.15) is 51.5 Å². The average Bonchev–Trinajstić information content (AvgIpc) is 2.90. The summed E-state index contributed by atoms with van der Waals surface area (Å²) in [5.74, 6) is 0.117. The van der Waals surface area contributed by atoms with Crippen molar-refractivity contribution < 1.29 is 23.8 Å². The van der Waals surface area contributed by atoms with Gasteiger partial charge in [-0.1, -0.05) is 6.92 Å². The zero-order valence-corrected chi connectivity index (χ0v) is 15.4. The maximum atomic E-state index is 12.6. The van der Waals surface area contributed by atoms with Crippen molar-refractivity contribution in [2.45, 2.75) is 46.6 Å². The minimum Gasteiger partial charge on any atom is -0.494 e. The van der Waals surface area contributed by atoms with Gasteiger partial charge in [0.05, 0.1) is 18.7 Å². The number of rotatable bonds is 5. The maximum absolute atomic E-state index is 12.6. The van der Waals surface area contributed by atoms with Gasteiger partial charge in [-0.05, 0) is 58.4 Å². The zero-order chi connectivity index (χ0) is 18.6. The summed E-state index contributed by atoms with van der Waals surface area (Å²) in [7, 11) is 0. The largest absolute Gasteiger partial charge is 0.494 e. The Morgan fingerprint density at radius 2 is 1.84 bits per heavy atom. The molecule has 6 nitrogen and oxygen atoms in total. The van der Waals surface area contributed by atoms with Crippen LogP contribution < -0.4 is 4.74 Å². The predicted octanol–water partition coefficient (Wildman–Crippen LogP) is 4.39. The SMILES string of the molecule is CCCOc1ccc2c(c1)cc(C(=O)OCC)n2C(=O)OC(C)(C)C. The van der Waals surface area contributed by atoms with Crippen LogP contribution in [0.5, 0.6) is 5.75 Å². The summed E-state index contributed by atoms with van der Waals surface area (Å²) in [6.07, 6.45) is 0.276. The second-order valence-electron chi connectivity index (χ2n) is 6.63. The molecule has 0 amide bonds. The topological polar surface area (TPSA) is 66.8 Å². The number of hydrogen-bond acceptors (Lipinski definition) is 5. The minimum absolute atomic E-state index is 0.138. The van der Waals surface area contributed by atoms with Gasteiger partial charge in [0.2, 0.25) is 0 Å². The molecule has 0 bridgehead atoms. The van der Waals surface area contributed by atoms with Crippen molar-refractivity contribution in [3.63, 3.8) is 0 Å². The van der Waals surface area contributed by atoms with Crippen molar-refractivity contribution in [1.82, 2.24) is 4.57 Å². The van der Waals surface area contributed by atoms with Crippen LogP contribution in [0.4, 0.5) is 4.79 Å². The Hall–Kier alpha value is -2.50. The van der Waals surface area contributed by atoms with Crippen molar-refractivity contribution in [3.05, 3.63) is 30.0 Å². The number of benzene rings is 1. The van der Waals surface area contributed by atoms with Gasteiger partial charge >= 0.3 is 12.1 Å². The lowest BCUT2D eigenvalue weighted by atomic mass is 10.2. The third kappa shape index (κ3) is 4.53. The molecule has 1 aromatic heterocycles. The monoisotopic (exact) mass is 347 g/mol. The van der Waals surface area contributed by atoms with Crippen LogP contribution in [0.25, 0.3) is 10.9 Å². The Morgan fingerprint density at radius 3 is 2.44 bits per heavy atom. The summed E-state index contributed by atoms with van der Waals surface area (Å²) in [5, 5.41) is 0.711. The summed E-state index contributed by atoms with van der Waals surface area (Å²) in [5.41, 5.74) is 0.0314. The van der Waals surface area contributed by atoms with Crippen LogP contribution >= 0.6 is 0 Å². The molecule has 2 aromatic rings. The van der Waals surface area contributed by atoms with Gasteiger partial charge in [0, 0.05) is 5.39 Å². The van der Waals surface area contributed by atoms with E-state index in [1.165, 1.54) is 4.57 Å². The molecule has 6 heteroatoms. The highest BCUT2D eigenvalue weighted by Crippen LogP contribution is 2.26. The molecule has 0 aliphatic carbocycles. The van der Waals surface area contributed by atoms with Crippen LogP contribution in [0.15, 0.2) is 24.3 Å². The van der Waals surface area contributed by atoms with E-state index >= 15 is 0 Å². The summed E-state index contributed by atoms with van der Waals surface area (Å²) < 4.78 is 17.4. The lowest BCUT2D eigenvalue weighted by Crippen LogP contribution is -2.29. The fourth-order valence-electron chi connectivity index (χ4n) is 2.36. The Bertz CT molecular complexity index is 770. The molecule has 0 aliphatic rings. The summed E-state index contributed by atoms with van der Waals surface area (Å²) in [6.45, 7) is 9.89. The Morgan fingerprint density at radius 1 is 1.12 bits per heavy atom. The molecule has 0 N–H and O–H groups in total. The standard InChI is InChI=1S/C19H25NO5/c1-6-10-24-14-8-9-15-13(11-14)12-16(17(21)23-7-2)20(15)18(22)25-19(3,4)5/h8-9,11-12H,6-7,10H2,1-5H3. The van der Waals surface area contributed by atoms with E-state index in [9.17, 15) is 9.59 Å². The number of fused-ring (bicyclic) bond motifs is 1. The van der Waals surface area contributed by atoms with E-state index in [0.29, 0.717) is 23.3 Å². The van der Waals surface area contributed by atoms with E-state index in [2.05, 4.69) is 0 Å². The van der Waals surface area contributed by atoms with E-state index < -0.39 is 17.7 Å². The number of hydrogen-bond donors (Lipinski definition) is 0. The average molecular weight is 347 g/mol. The van der Waals surface area contributed by atoms with Gasteiger partial charge in [0.15, 0.2) is 0 Å². The number of esters is 1. The molecule has 0 atom stereocenters. The number of carbonyl (C=O) groups excluding carboxylic acids is 2. The number of ether oxygens (including phenoxy) is 3. The Balaban J connectivity index is 2.52.